The summed E-state index contributed by atoms with van der Waals surface area (Å²) in [6.45, 7) is -0.428. The number of hydrogen-bond donors (Lipinski definition) is 0. The molecular weight excluding hydrogens is 330 g/mol. The van der Waals surface area contributed by atoms with Crippen LogP contribution in [0.4, 0.5) is 5.69 Å². The maximum Gasteiger partial charge on any atom is 0.348 e. The summed E-state index contributed by atoms with van der Waals surface area (Å²) in [7, 11) is 0. The molecule has 6 nitrogen and oxygen atoms in total. The molecule has 3 rings (SSSR count). The number of carbonyl (C=O) groups excluding carboxylic acids is 2. The number of aryl methyl sites for hydroxylation is 2. The zero-order valence-electron chi connectivity index (χ0n) is 12.8. The third kappa shape index (κ3) is 3.51. The summed E-state index contributed by atoms with van der Waals surface area (Å²) in [5, 5.41) is 10.7. The summed E-state index contributed by atoms with van der Waals surface area (Å²) >= 11 is 1.42. The highest BCUT2D eigenvalue weighted by atomic mass is 32.1. The molecule has 1 heterocycles. The Morgan fingerprint density at radius 2 is 2.00 bits per heavy atom. The van der Waals surface area contributed by atoms with Crippen LogP contribution in [0.5, 0.6) is 0 Å². The van der Waals surface area contributed by atoms with E-state index in [-0.39, 0.29) is 11.3 Å². The minimum absolute atomic E-state index is 0.155. The van der Waals surface area contributed by atoms with E-state index in [1.165, 1.54) is 46.0 Å². The Balaban J connectivity index is 1.63. The van der Waals surface area contributed by atoms with Gasteiger partial charge in [0.15, 0.2) is 6.61 Å². The van der Waals surface area contributed by atoms with E-state index in [2.05, 4.69) is 0 Å². The van der Waals surface area contributed by atoms with E-state index in [1.807, 2.05) is 6.07 Å². The Bertz CT molecular complexity index is 788. The first-order chi connectivity index (χ1) is 11.5. The third-order valence-electron chi connectivity index (χ3n) is 3.91. The van der Waals surface area contributed by atoms with Gasteiger partial charge in [0.1, 0.15) is 4.88 Å². The van der Waals surface area contributed by atoms with Crippen molar-refractivity contribution in [1.82, 2.24) is 0 Å². The second kappa shape index (κ2) is 6.92. The number of ketones is 1. The van der Waals surface area contributed by atoms with Crippen LogP contribution in [0.25, 0.3) is 0 Å². The fourth-order valence-corrected chi connectivity index (χ4v) is 3.82. The van der Waals surface area contributed by atoms with Crippen LogP contribution in [0.3, 0.4) is 0 Å². The van der Waals surface area contributed by atoms with Crippen LogP contribution in [0, 0.1) is 10.1 Å². The van der Waals surface area contributed by atoms with Crippen LogP contribution in [-0.2, 0) is 17.6 Å². The van der Waals surface area contributed by atoms with Crippen LogP contribution in [-0.4, -0.2) is 23.3 Å². The molecular formula is C17H15NO5S. The van der Waals surface area contributed by atoms with E-state index in [0.717, 1.165) is 25.7 Å². The van der Waals surface area contributed by atoms with Crippen LogP contribution in [0.15, 0.2) is 30.3 Å². The Kier molecular flexibility index (Phi) is 4.71. The van der Waals surface area contributed by atoms with E-state index in [9.17, 15) is 19.7 Å². The zero-order valence-corrected chi connectivity index (χ0v) is 13.6. The molecule has 0 radical (unpaired) electrons. The topological polar surface area (TPSA) is 86.5 Å². The van der Waals surface area contributed by atoms with Gasteiger partial charge in [-0.25, -0.2) is 4.79 Å². The number of benzene rings is 1. The van der Waals surface area contributed by atoms with Crippen molar-refractivity contribution in [1.29, 1.82) is 0 Å². The zero-order chi connectivity index (χ0) is 17.1. The Labute approximate surface area is 142 Å². The highest BCUT2D eigenvalue weighted by Gasteiger charge is 2.19. The summed E-state index contributed by atoms with van der Waals surface area (Å²) in [5.74, 6) is -0.985. The minimum Gasteiger partial charge on any atom is -0.453 e. The van der Waals surface area contributed by atoms with Gasteiger partial charge in [0.25, 0.3) is 5.69 Å². The number of nitro benzene ring substituents is 1. The molecule has 0 aliphatic heterocycles. The molecule has 0 saturated heterocycles. The first-order valence-corrected chi connectivity index (χ1v) is 8.42. The Morgan fingerprint density at radius 3 is 2.75 bits per heavy atom. The normalized spacial score (nSPS) is 13.2. The maximum absolute atomic E-state index is 12.1. The Hall–Kier alpha value is -2.54. The first kappa shape index (κ1) is 16.3. The second-order valence-electron chi connectivity index (χ2n) is 5.57. The van der Waals surface area contributed by atoms with Crippen molar-refractivity contribution in [3.63, 3.8) is 0 Å². The summed E-state index contributed by atoms with van der Waals surface area (Å²) in [6, 6.07) is 7.23. The highest BCUT2D eigenvalue weighted by Crippen LogP contribution is 2.30. The van der Waals surface area contributed by atoms with Crippen molar-refractivity contribution in [3.8, 4) is 0 Å². The maximum atomic E-state index is 12.1. The first-order valence-electron chi connectivity index (χ1n) is 7.61. The van der Waals surface area contributed by atoms with Gasteiger partial charge in [-0.2, -0.15) is 0 Å². The highest BCUT2D eigenvalue weighted by molar-refractivity contribution is 7.14. The molecule has 0 saturated carbocycles. The fraction of sp³-hybridized carbons (Fsp3) is 0.294. The molecule has 7 heteroatoms. The number of thiophene rings is 1. The lowest BCUT2D eigenvalue weighted by Gasteiger charge is -2.08. The fourth-order valence-electron chi connectivity index (χ4n) is 2.67. The number of fused-ring (bicyclic) bond motifs is 1. The molecule has 1 aliphatic carbocycles. The molecule has 0 unspecified atom stereocenters. The van der Waals surface area contributed by atoms with Crippen LogP contribution in [0.2, 0.25) is 0 Å². The average molecular weight is 345 g/mol. The quantitative estimate of drug-likeness (QED) is 0.358. The van der Waals surface area contributed by atoms with Crippen molar-refractivity contribution >= 4 is 28.8 Å². The number of non-ortho nitro benzene ring substituents is 1. The Morgan fingerprint density at radius 1 is 1.21 bits per heavy atom. The lowest BCUT2D eigenvalue weighted by molar-refractivity contribution is -0.384. The monoisotopic (exact) mass is 345 g/mol. The van der Waals surface area contributed by atoms with Crippen molar-refractivity contribution in [3.05, 3.63) is 61.3 Å². The van der Waals surface area contributed by atoms with Crippen molar-refractivity contribution in [2.24, 2.45) is 0 Å². The number of Topliss-reactive ketones (excluding diaryl/α,β-unsaturated/α-hetero) is 1. The van der Waals surface area contributed by atoms with E-state index < -0.39 is 23.3 Å². The lowest BCUT2D eigenvalue weighted by atomic mass is 9.99. The van der Waals surface area contributed by atoms with E-state index in [0.29, 0.717) is 4.88 Å². The van der Waals surface area contributed by atoms with Gasteiger partial charge in [0.2, 0.25) is 5.78 Å². The van der Waals surface area contributed by atoms with E-state index in [1.54, 1.807) is 0 Å². The smallest absolute Gasteiger partial charge is 0.348 e. The van der Waals surface area contributed by atoms with Crippen molar-refractivity contribution < 1.29 is 19.2 Å². The van der Waals surface area contributed by atoms with Gasteiger partial charge >= 0.3 is 5.97 Å². The number of rotatable bonds is 5. The lowest BCUT2D eigenvalue weighted by Crippen LogP contribution is -2.13. The predicted octanol–water partition coefficient (Wildman–Crippen LogP) is 3.57. The summed E-state index contributed by atoms with van der Waals surface area (Å²) in [5.41, 5.74) is 1.18. The summed E-state index contributed by atoms with van der Waals surface area (Å²) in [4.78, 5) is 36.0. The van der Waals surface area contributed by atoms with Gasteiger partial charge in [-0.3, -0.25) is 14.9 Å². The molecule has 124 valence electrons. The second-order valence-corrected chi connectivity index (χ2v) is 6.71. The molecule has 2 aromatic rings. The number of ether oxygens (including phenoxy) is 1. The predicted molar refractivity (Wildman–Crippen MR) is 88.7 cm³/mol. The molecule has 0 N–H and O–H groups in total. The van der Waals surface area contributed by atoms with E-state index in [4.69, 9.17) is 4.74 Å². The summed E-state index contributed by atoms with van der Waals surface area (Å²) < 4.78 is 5.07. The van der Waals surface area contributed by atoms with Gasteiger partial charge in [0, 0.05) is 22.6 Å². The van der Waals surface area contributed by atoms with Crippen molar-refractivity contribution in [2.45, 2.75) is 25.7 Å². The largest absolute Gasteiger partial charge is 0.453 e. The number of nitro groups is 1. The minimum atomic E-state index is -0.570. The molecule has 0 atom stereocenters. The van der Waals surface area contributed by atoms with Gasteiger partial charge in [-0.15, -0.1) is 11.3 Å². The molecule has 0 fully saturated rings. The number of hydrogen-bond acceptors (Lipinski definition) is 6. The number of esters is 1. The van der Waals surface area contributed by atoms with E-state index >= 15 is 0 Å². The van der Waals surface area contributed by atoms with Gasteiger partial charge in [0.05, 0.1) is 4.92 Å². The van der Waals surface area contributed by atoms with Gasteiger partial charge < -0.3 is 4.74 Å². The molecule has 1 aliphatic rings. The number of carbonyl (C=O) groups is 2. The molecule has 0 spiro atoms. The molecule has 1 aromatic heterocycles. The SMILES string of the molecule is O=C(COC(=O)c1cc2c(s1)CCCC2)c1cccc([N+](=O)[O-])c1. The van der Waals surface area contributed by atoms with Crippen LogP contribution < -0.4 is 0 Å². The molecule has 0 amide bonds. The standard InChI is InChI=1S/C17H15NO5S/c19-14(11-5-3-6-13(8-11)18(21)22)10-23-17(20)16-9-12-4-1-2-7-15(12)24-16/h3,5-6,8-9H,1-2,4,7,10H2. The third-order valence-corrected chi connectivity index (χ3v) is 5.13. The molecule has 24 heavy (non-hydrogen) atoms. The van der Waals surface area contributed by atoms with Crippen LogP contribution in [0.1, 0.15) is 43.3 Å². The van der Waals surface area contributed by atoms with Gasteiger partial charge in [-0.05, 0) is 37.3 Å². The van der Waals surface area contributed by atoms with Crippen molar-refractivity contribution in [2.75, 3.05) is 6.61 Å². The van der Waals surface area contributed by atoms with Gasteiger partial charge in [-0.1, -0.05) is 12.1 Å². The molecule has 0 bridgehead atoms. The molecule has 1 aromatic carbocycles. The summed E-state index contributed by atoms with van der Waals surface area (Å²) in [6.07, 6.45) is 4.22. The number of nitrogens with zero attached hydrogens (tertiary/aromatic N) is 1. The van der Waals surface area contributed by atoms with Crippen LogP contribution >= 0.6 is 11.3 Å². The average Bonchev–Trinajstić information content (AvgIpc) is 3.03.